The van der Waals surface area contributed by atoms with Crippen molar-refractivity contribution in [1.82, 2.24) is 20.9 Å². The van der Waals surface area contributed by atoms with Crippen LogP contribution in [0.1, 0.15) is 56.6 Å². The van der Waals surface area contributed by atoms with Gasteiger partial charge in [0.1, 0.15) is 5.82 Å². The second-order valence-electron chi connectivity index (χ2n) is 10.1. The highest BCUT2D eigenvalue weighted by Crippen LogP contribution is 2.33. The third kappa shape index (κ3) is 8.83. The molecule has 9 nitrogen and oxygen atoms in total. The molecule has 3 rings (SSSR count). The monoisotopic (exact) mass is 522 g/mol. The van der Waals surface area contributed by atoms with Gasteiger partial charge in [-0.3, -0.25) is 0 Å². The summed E-state index contributed by atoms with van der Waals surface area (Å²) < 4.78 is 24.8. The molecule has 1 heterocycles. The standard InChI is InChI=1S/C27H43FN4O5/c1-29-17-23(24(33)19-8-4-3-5-9-19)31-26(34)32-14-7-11-21(18-32)25(20-10-6-12-22(28)16-20)37-15-13-30-27(35)36-2/h6,10,12,16,19,21,23-25,29,33H,3-5,7-9,11,13-15,17-18H2,1-2H3,(H,30,35)(H,31,34)/t21-,23?,24?,25+/m1/s1. The Morgan fingerprint density at radius 3 is 2.62 bits per heavy atom. The summed E-state index contributed by atoms with van der Waals surface area (Å²) in [5.41, 5.74) is 0.700. The Labute approximate surface area is 219 Å². The Balaban J connectivity index is 1.65. The van der Waals surface area contributed by atoms with E-state index in [2.05, 4.69) is 20.7 Å². The molecule has 1 aromatic carbocycles. The van der Waals surface area contributed by atoms with Crippen molar-refractivity contribution in [1.29, 1.82) is 0 Å². The number of benzene rings is 1. The van der Waals surface area contributed by atoms with Crippen LogP contribution in [0.5, 0.6) is 0 Å². The number of methoxy groups -OCH3 is 1. The molecule has 2 aliphatic rings. The summed E-state index contributed by atoms with van der Waals surface area (Å²) in [7, 11) is 3.11. The molecular weight excluding hydrogens is 479 g/mol. The van der Waals surface area contributed by atoms with Crippen molar-refractivity contribution in [3.05, 3.63) is 35.6 Å². The third-order valence-electron chi connectivity index (χ3n) is 7.48. The number of alkyl carbamates (subject to hydrolysis) is 1. The molecule has 1 saturated carbocycles. The number of halogens is 1. The van der Waals surface area contributed by atoms with Gasteiger partial charge in [-0.15, -0.1) is 0 Å². The fourth-order valence-electron chi connectivity index (χ4n) is 5.57. The Morgan fingerprint density at radius 1 is 1.16 bits per heavy atom. The predicted molar refractivity (Wildman–Crippen MR) is 139 cm³/mol. The number of hydrogen-bond acceptors (Lipinski definition) is 6. The van der Waals surface area contributed by atoms with Crippen LogP contribution >= 0.6 is 0 Å². The zero-order valence-corrected chi connectivity index (χ0v) is 22.1. The van der Waals surface area contributed by atoms with Crippen molar-refractivity contribution >= 4 is 12.1 Å². The summed E-state index contributed by atoms with van der Waals surface area (Å²) in [6.07, 6.45) is 5.44. The smallest absolute Gasteiger partial charge is 0.406 e. The number of carbonyl (C=O) groups is 2. The van der Waals surface area contributed by atoms with Gasteiger partial charge in [0.15, 0.2) is 0 Å². The van der Waals surface area contributed by atoms with E-state index < -0.39 is 18.3 Å². The lowest BCUT2D eigenvalue weighted by atomic mass is 9.82. The van der Waals surface area contributed by atoms with Gasteiger partial charge in [0, 0.05) is 32.1 Å². The van der Waals surface area contributed by atoms with Gasteiger partial charge in [0.05, 0.1) is 32.0 Å². The van der Waals surface area contributed by atoms with Crippen LogP contribution in [0.2, 0.25) is 0 Å². The summed E-state index contributed by atoms with van der Waals surface area (Å²) in [6, 6.07) is 5.74. The number of nitrogens with one attached hydrogen (secondary N) is 3. The van der Waals surface area contributed by atoms with Gasteiger partial charge in [0.2, 0.25) is 0 Å². The number of nitrogens with zero attached hydrogens (tertiary/aromatic N) is 1. The highest BCUT2D eigenvalue weighted by Gasteiger charge is 2.34. The van der Waals surface area contributed by atoms with Gasteiger partial charge in [-0.05, 0) is 56.3 Å². The molecule has 37 heavy (non-hydrogen) atoms. The van der Waals surface area contributed by atoms with Crippen LogP contribution in [0.15, 0.2) is 24.3 Å². The molecule has 1 saturated heterocycles. The summed E-state index contributed by atoms with van der Waals surface area (Å²) >= 11 is 0. The molecule has 1 aliphatic heterocycles. The maximum Gasteiger partial charge on any atom is 0.406 e. The van der Waals surface area contributed by atoms with Crippen molar-refractivity contribution in [2.24, 2.45) is 11.8 Å². The number of likely N-dealkylation sites (N-methyl/N-ethyl adjacent to an activating group) is 1. The minimum Gasteiger partial charge on any atom is -0.453 e. The van der Waals surface area contributed by atoms with E-state index in [4.69, 9.17) is 4.74 Å². The quantitative estimate of drug-likeness (QED) is 0.332. The predicted octanol–water partition coefficient (Wildman–Crippen LogP) is 3.19. The van der Waals surface area contributed by atoms with Crippen LogP contribution in [0, 0.1) is 17.7 Å². The van der Waals surface area contributed by atoms with Crippen LogP contribution in [0.4, 0.5) is 14.0 Å². The molecular formula is C27H43FN4O5. The van der Waals surface area contributed by atoms with Crippen molar-refractivity contribution in [3.63, 3.8) is 0 Å². The Kier molecular flexibility index (Phi) is 11.9. The van der Waals surface area contributed by atoms with Crippen LogP contribution < -0.4 is 16.0 Å². The van der Waals surface area contributed by atoms with E-state index in [1.165, 1.54) is 25.7 Å². The third-order valence-corrected chi connectivity index (χ3v) is 7.48. The van der Waals surface area contributed by atoms with Crippen LogP contribution in [0.3, 0.4) is 0 Å². The van der Waals surface area contributed by atoms with E-state index in [0.29, 0.717) is 25.2 Å². The van der Waals surface area contributed by atoms with Gasteiger partial charge in [-0.25, -0.2) is 14.0 Å². The molecule has 1 aromatic rings. The first-order valence-corrected chi connectivity index (χ1v) is 13.5. The number of likely N-dealkylation sites (tertiary alicyclic amines) is 1. The van der Waals surface area contributed by atoms with E-state index >= 15 is 0 Å². The number of amides is 3. The Bertz CT molecular complexity index is 854. The average Bonchev–Trinajstić information content (AvgIpc) is 2.92. The molecule has 4 N–H and O–H groups in total. The van der Waals surface area contributed by atoms with E-state index in [0.717, 1.165) is 38.5 Å². The van der Waals surface area contributed by atoms with Crippen LogP contribution in [0.25, 0.3) is 0 Å². The van der Waals surface area contributed by atoms with Gasteiger partial charge < -0.3 is 35.4 Å². The number of rotatable bonds is 11. The summed E-state index contributed by atoms with van der Waals surface area (Å²) in [6.45, 7) is 2.01. The molecule has 10 heteroatoms. The molecule has 208 valence electrons. The van der Waals surface area contributed by atoms with Gasteiger partial charge in [-0.2, -0.15) is 0 Å². The maximum absolute atomic E-state index is 14.1. The lowest BCUT2D eigenvalue weighted by Gasteiger charge is -2.39. The zero-order valence-electron chi connectivity index (χ0n) is 22.1. The second-order valence-corrected chi connectivity index (χ2v) is 10.1. The van der Waals surface area contributed by atoms with Gasteiger partial charge >= 0.3 is 12.1 Å². The number of hydrogen-bond donors (Lipinski definition) is 4. The number of aliphatic hydroxyl groups is 1. The fourth-order valence-corrected chi connectivity index (χ4v) is 5.57. The molecule has 4 atom stereocenters. The van der Waals surface area contributed by atoms with E-state index in [1.54, 1.807) is 11.0 Å². The minimum atomic E-state index is -0.594. The average molecular weight is 523 g/mol. The van der Waals surface area contributed by atoms with Crippen molar-refractivity contribution in [2.75, 3.05) is 46.9 Å². The summed E-state index contributed by atoms with van der Waals surface area (Å²) in [4.78, 5) is 26.4. The molecule has 1 aliphatic carbocycles. The number of ether oxygens (including phenoxy) is 2. The Morgan fingerprint density at radius 2 is 1.92 bits per heavy atom. The second kappa shape index (κ2) is 15.1. The lowest BCUT2D eigenvalue weighted by Crippen LogP contribution is -2.56. The summed E-state index contributed by atoms with van der Waals surface area (Å²) in [5.74, 6) is -0.202. The normalized spacial score (nSPS) is 21.1. The van der Waals surface area contributed by atoms with E-state index in [9.17, 15) is 19.1 Å². The largest absolute Gasteiger partial charge is 0.453 e. The van der Waals surface area contributed by atoms with Gasteiger partial charge in [0.25, 0.3) is 0 Å². The SMILES string of the molecule is CNCC(NC(=O)N1CCC[C@@H]([C@@H](OCCNC(=O)OC)c2cccc(F)c2)C1)C(O)C1CCCCC1. The molecule has 3 amide bonds. The molecule has 0 aromatic heterocycles. The van der Waals surface area contributed by atoms with E-state index in [-0.39, 0.29) is 42.9 Å². The number of aliphatic hydroxyl groups excluding tert-OH is 1. The number of piperidine rings is 1. The van der Waals surface area contributed by atoms with Crippen LogP contribution in [-0.4, -0.2) is 81.2 Å². The first kappa shape index (κ1) is 29.1. The molecule has 2 fully saturated rings. The topological polar surface area (TPSA) is 112 Å². The molecule has 0 spiro atoms. The molecule has 2 unspecified atom stereocenters. The highest BCUT2D eigenvalue weighted by molar-refractivity contribution is 5.74. The maximum atomic E-state index is 14.1. The first-order valence-electron chi connectivity index (χ1n) is 13.5. The van der Waals surface area contributed by atoms with Crippen molar-refractivity contribution < 1.29 is 28.6 Å². The summed E-state index contributed by atoms with van der Waals surface area (Å²) in [5, 5.41) is 19.8. The zero-order chi connectivity index (χ0) is 26.6. The highest BCUT2D eigenvalue weighted by atomic mass is 19.1. The number of carbonyl (C=O) groups excluding carboxylic acids is 2. The number of urea groups is 1. The molecule has 0 radical (unpaired) electrons. The Hall–Kier alpha value is -2.43. The van der Waals surface area contributed by atoms with Crippen molar-refractivity contribution in [2.45, 2.75) is 63.2 Å². The van der Waals surface area contributed by atoms with E-state index in [1.807, 2.05) is 13.1 Å². The molecule has 0 bridgehead atoms. The lowest BCUT2D eigenvalue weighted by molar-refractivity contribution is -0.00954. The fraction of sp³-hybridized carbons (Fsp3) is 0.704. The van der Waals surface area contributed by atoms with Crippen molar-refractivity contribution in [3.8, 4) is 0 Å². The minimum absolute atomic E-state index is 0.0505. The van der Waals surface area contributed by atoms with Gasteiger partial charge in [-0.1, -0.05) is 31.4 Å². The first-order chi connectivity index (χ1) is 17.9. The van der Waals surface area contributed by atoms with Crippen LogP contribution in [-0.2, 0) is 9.47 Å².